The molecule has 0 saturated carbocycles. The molecular formula is C25H18Cl2F4N4O5S. The Kier molecular flexibility index (Phi) is 8.66. The number of hydrogen-bond donors (Lipinski definition) is 0. The lowest BCUT2D eigenvalue weighted by molar-refractivity contribution is -0.151. The molecule has 1 amide bonds. The van der Waals surface area contributed by atoms with Crippen LogP contribution >= 0.6 is 35.0 Å². The number of carbonyl (C=O) groups excluding carboxylic acids is 2. The summed E-state index contributed by atoms with van der Waals surface area (Å²) in [6.45, 7) is 1.59. The quantitative estimate of drug-likeness (QED) is 0.284. The first-order chi connectivity index (χ1) is 19.2. The topological polar surface area (TPSA) is 103 Å². The predicted molar refractivity (Wildman–Crippen MR) is 144 cm³/mol. The van der Waals surface area contributed by atoms with Crippen molar-refractivity contribution in [3.05, 3.63) is 90.4 Å². The molecule has 0 N–H and O–H groups in total. The largest absolute Gasteiger partial charge is 0.464 e. The highest BCUT2D eigenvalue weighted by Gasteiger charge is 2.40. The minimum atomic E-state index is -5.02. The molecule has 4 rings (SSSR count). The Morgan fingerprint density at radius 3 is 2.39 bits per heavy atom. The zero-order valence-corrected chi connectivity index (χ0v) is 23.4. The molecule has 1 aliphatic heterocycles. The van der Waals surface area contributed by atoms with Crippen LogP contribution in [-0.4, -0.2) is 43.4 Å². The van der Waals surface area contributed by atoms with Crippen molar-refractivity contribution in [2.45, 2.75) is 19.1 Å². The van der Waals surface area contributed by atoms with Crippen LogP contribution in [0.15, 0.2) is 57.0 Å². The Bertz CT molecular complexity index is 1690. The lowest BCUT2D eigenvalue weighted by atomic mass is 10.1. The number of hydrogen-bond acceptors (Lipinski definition) is 7. The Morgan fingerprint density at radius 1 is 1.12 bits per heavy atom. The van der Waals surface area contributed by atoms with E-state index in [0.717, 1.165) is 29.8 Å². The zero-order valence-electron chi connectivity index (χ0n) is 21.0. The van der Waals surface area contributed by atoms with E-state index in [4.69, 9.17) is 27.9 Å². The van der Waals surface area contributed by atoms with Crippen LogP contribution in [0.25, 0.3) is 5.69 Å². The summed E-state index contributed by atoms with van der Waals surface area (Å²) in [7, 11) is 0.779. The number of alkyl halides is 3. The summed E-state index contributed by atoms with van der Waals surface area (Å²) < 4.78 is 60.3. The molecule has 3 aromatic rings. The van der Waals surface area contributed by atoms with Crippen molar-refractivity contribution in [3.63, 3.8) is 0 Å². The maximum atomic E-state index is 15.0. The second-order valence-corrected chi connectivity index (χ2v) is 10.2. The molecule has 1 aromatic heterocycles. The molecule has 1 saturated heterocycles. The van der Waals surface area contributed by atoms with Gasteiger partial charge in [-0.25, -0.2) is 23.5 Å². The standard InChI is InChI=1S/C25H18Cl2F4N4O5S/c1-3-40-22(38)21(12-4-6-13(26)7-5-12)35-20(37)11-41-23(35)32-16-9-17(15(28)8-14(16)27)34-19(36)10-18(25(29,30)31)33(2)24(34)39/h4-10,21H,3,11H2,1-2H3/b32-23-. The maximum Gasteiger partial charge on any atom is 0.431 e. The molecule has 1 unspecified atom stereocenters. The maximum absolute atomic E-state index is 15.0. The van der Waals surface area contributed by atoms with E-state index in [9.17, 15) is 36.7 Å². The lowest BCUT2D eigenvalue weighted by Gasteiger charge is -2.26. The van der Waals surface area contributed by atoms with Crippen molar-refractivity contribution >= 4 is 57.7 Å². The average molecular weight is 633 g/mol. The van der Waals surface area contributed by atoms with Gasteiger partial charge in [0, 0.05) is 18.1 Å². The minimum Gasteiger partial charge on any atom is -0.464 e. The second kappa shape index (κ2) is 11.7. The fourth-order valence-electron chi connectivity index (χ4n) is 3.98. The number of halogens is 6. The Balaban J connectivity index is 1.86. The highest BCUT2D eigenvalue weighted by Crippen LogP contribution is 2.36. The van der Waals surface area contributed by atoms with Gasteiger partial charge in [-0.05, 0) is 36.8 Å². The molecule has 16 heteroatoms. The van der Waals surface area contributed by atoms with Gasteiger partial charge in [0.05, 0.1) is 28.8 Å². The van der Waals surface area contributed by atoms with Gasteiger partial charge in [-0.15, -0.1) is 0 Å². The number of rotatable bonds is 6. The summed E-state index contributed by atoms with van der Waals surface area (Å²) in [6.07, 6.45) is -5.02. The zero-order chi connectivity index (χ0) is 30.2. The van der Waals surface area contributed by atoms with E-state index in [-0.39, 0.29) is 43.4 Å². The monoisotopic (exact) mass is 632 g/mol. The van der Waals surface area contributed by atoms with E-state index < -0.39 is 52.5 Å². The second-order valence-electron chi connectivity index (χ2n) is 8.45. The van der Waals surface area contributed by atoms with Crippen molar-refractivity contribution in [2.75, 3.05) is 12.4 Å². The molecule has 1 fully saturated rings. The van der Waals surface area contributed by atoms with Gasteiger partial charge in [-0.1, -0.05) is 47.1 Å². The average Bonchev–Trinajstić information content (AvgIpc) is 3.24. The number of amidine groups is 1. The van der Waals surface area contributed by atoms with E-state index >= 15 is 0 Å². The van der Waals surface area contributed by atoms with Gasteiger partial charge in [0.2, 0.25) is 5.91 Å². The van der Waals surface area contributed by atoms with E-state index in [1.165, 1.54) is 24.3 Å². The van der Waals surface area contributed by atoms with Crippen LogP contribution in [0.2, 0.25) is 10.0 Å². The molecule has 1 atom stereocenters. The van der Waals surface area contributed by atoms with E-state index in [2.05, 4.69) is 4.99 Å². The third-order valence-corrected chi connectivity index (χ3v) is 7.33. The molecule has 0 aliphatic carbocycles. The van der Waals surface area contributed by atoms with Crippen molar-refractivity contribution < 1.29 is 31.9 Å². The molecule has 2 aromatic carbocycles. The van der Waals surface area contributed by atoms with E-state index in [1.807, 2.05) is 0 Å². The molecule has 1 aliphatic rings. The third kappa shape index (κ3) is 6.04. The predicted octanol–water partition coefficient (Wildman–Crippen LogP) is 4.87. The van der Waals surface area contributed by atoms with Crippen LogP contribution in [-0.2, 0) is 27.5 Å². The van der Waals surface area contributed by atoms with E-state index in [1.54, 1.807) is 6.92 Å². The van der Waals surface area contributed by atoms with Crippen molar-refractivity contribution in [2.24, 2.45) is 12.0 Å². The number of thioether (sulfide) groups is 1. The van der Waals surface area contributed by atoms with Crippen molar-refractivity contribution in [1.29, 1.82) is 0 Å². The summed E-state index contributed by atoms with van der Waals surface area (Å²) in [5.41, 5.74) is -5.06. The van der Waals surface area contributed by atoms with Crippen LogP contribution in [0.4, 0.5) is 23.2 Å². The molecule has 0 bridgehead atoms. The Morgan fingerprint density at radius 2 is 1.78 bits per heavy atom. The van der Waals surface area contributed by atoms with Crippen molar-refractivity contribution in [1.82, 2.24) is 14.0 Å². The number of aromatic nitrogens is 2. The van der Waals surface area contributed by atoms with Gasteiger partial charge in [0.25, 0.3) is 5.56 Å². The highest BCUT2D eigenvalue weighted by molar-refractivity contribution is 8.15. The fraction of sp³-hybridized carbons (Fsp3) is 0.240. The normalized spacial score (nSPS) is 15.5. The summed E-state index contributed by atoms with van der Waals surface area (Å²) in [6, 6.07) is 6.54. The molecule has 0 spiro atoms. The number of amides is 1. The van der Waals surface area contributed by atoms with Crippen LogP contribution in [0, 0.1) is 5.82 Å². The summed E-state index contributed by atoms with van der Waals surface area (Å²) in [4.78, 5) is 56.6. The first-order valence-corrected chi connectivity index (χ1v) is 13.3. The highest BCUT2D eigenvalue weighted by atomic mass is 35.5. The van der Waals surface area contributed by atoms with Crippen LogP contribution in [0.1, 0.15) is 24.2 Å². The number of ether oxygens (including phenoxy) is 1. The molecule has 9 nitrogen and oxygen atoms in total. The molecule has 41 heavy (non-hydrogen) atoms. The fourth-order valence-corrected chi connectivity index (χ4v) is 5.19. The molecule has 216 valence electrons. The molecule has 0 radical (unpaired) electrons. The number of nitrogens with zero attached hydrogens (tertiary/aromatic N) is 4. The molecular weight excluding hydrogens is 615 g/mol. The van der Waals surface area contributed by atoms with Gasteiger partial charge >= 0.3 is 17.8 Å². The molecule has 2 heterocycles. The van der Waals surface area contributed by atoms with Crippen LogP contribution < -0.4 is 11.2 Å². The Labute approximate surface area is 242 Å². The first kappa shape index (κ1) is 30.3. The first-order valence-electron chi connectivity index (χ1n) is 11.6. The van der Waals surface area contributed by atoms with Gasteiger partial charge in [0.1, 0.15) is 11.5 Å². The Hall–Kier alpha value is -3.62. The van der Waals surface area contributed by atoms with Gasteiger partial charge in [0.15, 0.2) is 11.2 Å². The smallest absolute Gasteiger partial charge is 0.431 e. The number of benzene rings is 2. The van der Waals surface area contributed by atoms with E-state index in [0.29, 0.717) is 16.7 Å². The van der Waals surface area contributed by atoms with Gasteiger partial charge < -0.3 is 4.74 Å². The summed E-state index contributed by atoms with van der Waals surface area (Å²) >= 11 is 13.1. The van der Waals surface area contributed by atoms with Gasteiger partial charge in [-0.2, -0.15) is 13.2 Å². The third-order valence-electron chi connectivity index (χ3n) is 5.84. The van der Waals surface area contributed by atoms with Gasteiger partial charge in [-0.3, -0.25) is 19.1 Å². The number of aliphatic imine (C=N–C) groups is 1. The summed E-state index contributed by atoms with van der Waals surface area (Å²) in [5.74, 6) is -2.63. The van der Waals surface area contributed by atoms with Crippen molar-refractivity contribution in [3.8, 4) is 5.69 Å². The summed E-state index contributed by atoms with van der Waals surface area (Å²) in [5, 5.41) is 0.0207. The van der Waals surface area contributed by atoms with Crippen LogP contribution in [0.3, 0.4) is 0 Å². The number of esters is 1. The van der Waals surface area contributed by atoms with Crippen LogP contribution in [0.5, 0.6) is 0 Å². The SMILES string of the molecule is CCOC(=O)C(c1ccc(Cl)cc1)N1C(=O)CS/C1=N\c1cc(-n2c(=O)cc(C(F)(F)F)n(C)c2=O)c(F)cc1Cl. The lowest BCUT2D eigenvalue weighted by Crippen LogP contribution is -2.41. The minimum absolute atomic E-state index is 0.00849. The number of carbonyl (C=O) groups is 2.